The minimum Gasteiger partial charge on any atom is -0.379 e. The van der Waals surface area contributed by atoms with E-state index in [4.69, 9.17) is 0 Å². The molecular weight excluding hydrogens is 380 g/mol. The number of nitrogens with zero attached hydrogens (tertiary/aromatic N) is 1. The molecule has 0 radical (unpaired) electrons. The highest BCUT2D eigenvalue weighted by atomic mass is 32.1. The first kappa shape index (κ1) is 19.8. The van der Waals surface area contributed by atoms with Crippen molar-refractivity contribution in [3.63, 3.8) is 0 Å². The minimum atomic E-state index is -0.482. The third kappa shape index (κ3) is 4.86. The minimum absolute atomic E-state index is 0.0489. The zero-order valence-electron chi connectivity index (χ0n) is 15.5. The van der Waals surface area contributed by atoms with Crippen molar-refractivity contribution in [3.8, 4) is 0 Å². The summed E-state index contributed by atoms with van der Waals surface area (Å²) in [6.45, 7) is 2.41. The van der Waals surface area contributed by atoms with Gasteiger partial charge in [0.2, 0.25) is 5.91 Å². The molecule has 1 unspecified atom stereocenters. The standard InChI is InChI=1S/C19H22N4O4S/c1-12-6-7-16-13(10-12)11-17(28-16)19(25)22-21-18(24)8-9-20-14-4-2-3-5-15(14)23(26)27/h2-5,11-12,20H,6-10H2,1H3,(H,21,24)(H,22,25). The van der Waals surface area contributed by atoms with Gasteiger partial charge in [-0.25, -0.2) is 0 Å². The number of thiophene rings is 1. The molecule has 3 N–H and O–H groups in total. The van der Waals surface area contributed by atoms with Crippen molar-refractivity contribution in [2.24, 2.45) is 5.92 Å². The Morgan fingerprint density at radius 3 is 2.86 bits per heavy atom. The van der Waals surface area contributed by atoms with Gasteiger partial charge in [0.25, 0.3) is 11.6 Å². The molecule has 0 fully saturated rings. The van der Waals surface area contributed by atoms with Gasteiger partial charge in [-0.1, -0.05) is 19.1 Å². The van der Waals surface area contributed by atoms with E-state index in [0.717, 1.165) is 19.3 Å². The molecule has 1 atom stereocenters. The Hall–Kier alpha value is -2.94. The van der Waals surface area contributed by atoms with Crippen molar-refractivity contribution < 1.29 is 14.5 Å². The molecule has 3 rings (SSSR count). The first-order valence-corrected chi connectivity index (χ1v) is 9.93. The van der Waals surface area contributed by atoms with Crippen molar-refractivity contribution in [2.75, 3.05) is 11.9 Å². The van der Waals surface area contributed by atoms with Gasteiger partial charge in [0.05, 0.1) is 9.80 Å². The van der Waals surface area contributed by atoms with Crippen LogP contribution in [0, 0.1) is 16.0 Å². The Kier molecular flexibility index (Phi) is 6.25. The number of benzene rings is 1. The summed E-state index contributed by atoms with van der Waals surface area (Å²) >= 11 is 1.48. The molecule has 8 nitrogen and oxygen atoms in total. The van der Waals surface area contributed by atoms with Gasteiger partial charge in [-0.3, -0.25) is 30.6 Å². The summed E-state index contributed by atoms with van der Waals surface area (Å²) in [6.07, 6.45) is 3.18. The summed E-state index contributed by atoms with van der Waals surface area (Å²) in [5, 5.41) is 13.8. The number of amides is 2. The van der Waals surface area contributed by atoms with Crippen LogP contribution >= 0.6 is 11.3 Å². The predicted octanol–water partition coefficient (Wildman–Crippen LogP) is 3.04. The third-order valence-corrected chi connectivity index (χ3v) is 5.87. The first-order valence-electron chi connectivity index (χ1n) is 9.12. The van der Waals surface area contributed by atoms with Crippen LogP contribution in [0.5, 0.6) is 0 Å². The highest BCUT2D eigenvalue weighted by molar-refractivity contribution is 7.14. The summed E-state index contributed by atoms with van der Waals surface area (Å²) in [5.41, 5.74) is 6.35. The zero-order valence-corrected chi connectivity index (χ0v) is 16.3. The normalized spacial score (nSPS) is 15.4. The van der Waals surface area contributed by atoms with Gasteiger partial charge in [-0.2, -0.15) is 0 Å². The van der Waals surface area contributed by atoms with Gasteiger partial charge >= 0.3 is 0 Å². The molecule has 1 aliphatic rings. The molecule has 1 aromatic carbocycles. The van der Waals surface area contributed by atoms with Gasteiger partial charge in [0, 0.05) is 23.9 Å². The van der Waals surface area contributed by atoms with E-state index in [1.54, 1.807) is 18.2 Å². The van der Waals surface area contributed by atoms with E-state index in [9.17, 15) is 19.7 Å². The second-order valence-corrected chi connectivity index (χ2v) is 8.00. The van der Waals surface area contributed by atoms with E-state index < -0.39 is 4.92 Å². The maximum absolute atomic E-state index is 12.3. The van der Waals surface area contributed by atoms with E-state index in [1.165, 1.54) is 27.8 Å². The monoisotopic (exact) mass is 402 g/mol. The summed E-state index contributed by atoms with van der Waals surface area (Å²) in [4.78, 5) is 36.5. The van der Waals surface area contributed by atoms with Crippen molar-refractivity contribution in [1.29, 1.82) is 0 Å². The van der Waals surface area contributed by atoms with Crippen molar-refractivity contribution in [3.05, 3.63) is 55.8 Å². The van der Waals surface area contributed by atoms with Crippen LogP contribution in [-0.4, -0.2) is 23.3 Å². The van der Waals surface area contributed by atoms with Gasteiger partial charge in [0.15, 0.2) is 0 Å². The lowest BCUT2D eigenvalue weighted by Crippen LogP contribution is -2.41. The number of anilines is 1. The van der Waals surface area contributed by atoms with Crippen LogP contribution in [0.15, 0.2) is 30.3 Å². The second-order valence-electron chi connectivity index (χ2n) is 6.86. The fraction of sp³-hybridized carbons (Fsp3) is 0.368. The maximum Gasteiger partial charge on any atom is 0.292 e. The molecule has 0 aliphatic heterocycles. The SMILES string of the molecule is CC1CCc2sc(C(=O)NNC(=O)CCNc3ccccc3[N+](=O)[O-])cc2C1. The average molecular weight is 402 g/mol. The highest BCUT2D eigenvalue weighted by Gasteiger charge is 2.21. The number of hydrazine groups is 1. The summed E-state index contributed by atoms with van der Waals surface area (Å²) in [6, 6.07) is 8.14. The number of nitro groups is 1. The van der Waals surface area contributed by atoms with Crippen LogP contribution in [-0.2, 0) is 17.6 Å². The number of hydrogen-bond donors (Lipinski definition) is 3. The van der Waals surface area contributed by atoms with Crippen LogP contribution in [0.25, 0.3) is 0 Å². The topological polar surface area (TPSA) is 113 Å². The smallest absolute Gasteiger partial charge is 0.292 e. The number of nitro benzene ring substituents is 1. The first-order chi connectivity index (χ1) is 13.4. The predicted molar refractivity (Wildman–Crippen MR) is 107 cm³/mol. The Bertz CT molecular complexity index is 896. The number of para-hydroxylation sites is 2. The molecule has 0 saturated heterocycles. The molecule has 28 heavy (non-hydrogen) atoms. The Morgan fingerprint density at radius 2 is 2.07 bits per heavy atom. The fourth-order valence-electron chi connectivity index (χ4n) is 3.16. The quantitative estimate of drug-likeness (QED) is 0.508. The third-order valence-electron chi connectivity index (χ3n) is 4.64. The molecule has 0 saturated carbocycles. The number of rotatable bonds is 6. The molecule has 9 heteroatoms. The van der Waals surface area contributed by atoms with Gasteiger partial charge < -0.3 is 5.32 Å². The molecule has 1 aromatic heterocycles. The molecule has 1 aliphatic carbocycles. The van der Waals surface area contributed by atoms with E-state index in [-0.39, 0.29) is 30.5 Å². The molecule has 0 spiro atoms. The largest absolute Gasteiger partial charge is 0.379 e. The number of nitrogens with one attached hydrogen (secondary N) is 3. The van der Waals surface area contributed by atoms with Gasteiger partial charge in [-0.05, 0) is 42.9 Å². The van der Waals surface area contributed by atoms with Crippen LogP contribution in [0.4, 0.5) is 11.4 Å². The highest BCUT2D eigenvalue weighted by Crippen LogP contribution is 2.32. The number of aryl methyl sites for hydroxylation is 1. The number of carbonyl (C=O) groups excluding carboxylic acids is 2. The Morgan fingerprint density at radius 1 is 1.29 bits per heavy atom. The molecule has 1 heterocycles. The number of carbonyl (C=O) groups is 2. The van der Waals surface area contributed by atoms with Gasteiger partial charge in [0.1, 0.15) is 5.69 Å². The lowest BCUT2D eigenvalue weighted by Gasteiger charge is -2.16. The number of fused-ring (bicyclic) bond motifs is 1. The van der Waals surface area contributed by atoms with Crippen LogP contribution in [0.1, 0.15) is 39.9 Å². The van der Waals surface area contributed by atoms with Crippen LogP contribution in [0.3, 0.4) is 0 Å². The molecule has 148 valence electrons. The molecule has 2 amide bonds. The Balaban J connectivity index is 1.45. The number of hydrogen-bond acceptors (Lipinski definition) is 6. The summed E-state index contributed by atoms with van der Waals surface area (Å²) in [5.74, 6) is -0.0768. The van der Waals surface area contributed by atoms with Crippen LogP contribution in [0.2, 0.25) is 0 Å². The molecule has 0 bridgehead atoms. The average Bonchev–Trinajstić information content (AvgIpc) is 3.09. The zero-order chi connectivity index (χ0) is 20.1. The molecule has 2 aromatic rings. The van der Waals surface area contributed by atoms with Crippen molar-refractivity contribution in [1.82, 2.24) is 10.9 Å². The van der Waals surface area contributed by atoms with E-state index in [2.05, 4.69) is 23.1 Å². The maximum atomic E-state index is 12.3. The van der Waals surface area contributed by atoms with E-state index >= 15 is 0 Å². The lowest BCUT2D eigenvalue weighted by molar-refractivity contribution is -0.384. The second kappa shape index (κ2) is 8.83. The summed E-state index contributed by atoms with van der Waals surface area (Å²) in [7, 11) is 0. The molecular formula is C19H22N4O4S. The van der Waals surface area contributed by atoms with Crippen LogP contribution < -0.4 is 16.2 Å². The van der Waals surface area contributed by atoms with E-state index in [1.807, 2.05) is 6.07 Å². The summed E-state index contributed by atoms with van der Waals surface area (Å²) < 4.78 is 0. The fourth-order valence-corrected chi connectivity index (χ4v) is 4.26. The van der Waals surface area contributed by atoms with Crippen molar-refractivity contribution >= 4 is 34.5 Å². The Labute approximate surface area is 166 Å². The van der Waals surface area contributed by atoms with Gasteiger partial charge in [-0.15, -0.1) is 11.3 Å². The lowest BCUT2D eigenvalue weighted by atomic mass is 9.90. The van der Waals surface area contributed by atoms with E-state index in [0.29, 0.717) is 16.5 Å². The van der Waals surface area contributed by atoms with Crippen molar-refractivity contribution in [2.45, 2.75) is 32.6 Å².